The topological polar surface area (TPSA) is 63.5 Å². The first-order valence-corrected chi connectivity index (χ1v) is 9.25. The molecule has 3 aliphatic rings. The maximum atomic E-state index is 11.7. The highest BCUT2D eigenvalue weighted by molar-refractivity contribution is 5.67. The van der Waals surface area contributed by atoms with Crippen molar-refractivity contribution in [3.05, 3.63) is 11.6 Å². The number of aromatic nitrogens is 3. The van der Waals surface area contributed by atoms with Gasteiger partial charge in [-0.3, -0.25) is 4.90 Å². The van der Waals surface area contributed by atoms with Crippen molar-refractivity contribution in [1.82, 2.24) is 24.6 Å². The van der Waals surface area contributed by atoms with E-state index in [0.29, 0.717) is 12.0 Å². The van der Waals surface area contributed by atoms with E-state index >= 15 is 0 Å². The van der Waals surface area contributed by atoms with Crippen LogP contribution in [0.5, 0.6) is 0 Å². The maximum absolute atomic E-state index is 11.7. The van der Waals surface area contributed by atoms with Gasteiger partial charge in [0.05, 0.1) is 13.7 Å². The molecule has 0 radical (unpaired) electrons. The first-order chi connectivity index (χ1) is 11.8. The number of carbonyl (C=O) groups excluding carboxylic acids is 1. The van der Waals surface area contributed by atoms with Gasteiger partial charge in [0.15, 0.2) is 0 Å². The first kappa shape index (κ1) is 15.9. The number of hydrogen-bond donors (Lipinski definition) is 0. The van der Waals surface area contributed by atoms with Crippen LogP contribution in [0, 0.1) is 0 Å². The molecule has 3 heterocycles. The molecule has 132 valence electrons. The third-order valence-electron chi connectivity index (χ3n) is 5.56. The van der Waals surface area contributed by atoms with Crippen LogP contribution in [0.25, 0.3) is 0 Å². The van der Waals surface area contributed by atoms with Crippen LogP contribution in [0.3, 0.4) is 0 Å². The molecule has 0 unspecified atom stereocenters. The zero-order chi connectivity index (χ0) is 16.5. The number of amides is 1. The van der Waals surface area contributed by atoms with Gasteiger partial charge in [-0.1, -0.05) is 0 Å². The minimum Gasteiger partial charge on any atom is -0.453 e. The zero-order valence-corrected chi connectivity index (χ0v) is 14.5. The highest BCUT2D eigenvalue weighted by atomic mass is 16.5. The van der Waals surface area contributed by atoms with Gasteiger partial charge in [0.25, 0.3) is 0 Å². The van der Waals surface area contributed by atoms with Gasteiger partial charge in [0.2, 0.25) is 0 Å². The van der Waals surface area contributed by atoms with Crippen LogP contribution in [0.1, 0.15) is 62.1 Å². The summed E-state index contributed by atoms with van der Waals surface area (Å²) in [5, 5.41) is 9.14. The van der Waals surface area contributed by atoms with Crippen molar-refractivity contribution in [1.29, 1.82) is 0 Å². The Kier molecular flexibility index (Phi) is 4.43. The van der Waals surface area contributed by atoms with Crippen LogP contribution in [0.15, 0.2) is 0 Å². The van der Waals surface area contributed by atoms with E-state index < -0.39 is 0 Å². The number of likely N-dealkylation sites (tertiary alicyclic amines) is 2. The molecule has 0 bridgehead atoms. The molecule has 24 heavy (non-hydrogen) atoms. The van der Waals surface area contributed by atoms with E-state index in [1.807, 2.05) is 0 Å². The lowest BCUT2D eigenvalue weighted by Gasteiger charge is -2.30. The highest BCUT2D eigenvalue weighted by Gasteiger charge is 2.34. The van der Waals surface area contributed by atoms with Crippen molar-refractivity contribution >= 4 is 6.09 Å². The van der Waals surface area contributed by atoms with Crippen molar-refractivity contribution in [2.75, 3.05) is 33.3 Å². The molecule has 1 amide bonds. The minimum atomic E-state index is -0.216. The van der Waals surface area contributed by atoms with Crippen molar-refractivity contribution < 1.29 is 9.53 Å². The van der Waals surface area contributed by atoms with Gasteiger partial charge in [-0.15, -0.1) is 10.2 Å². The summed E-state index contributed by atoms with van der Waals surface area (Å²) in [4.78, 5) is 15.9. The van der Waals surface area contributed by atoms with E-state index in [-0.39, 0.29) is 6.09 Å². The maximum Gasteiger partial charge on any atom is 0.409 e. The Balaban J connectivity index is 1.47. The van der Waals surface area contributed by atoms with Crippen LogP contribution < -0.4 is 0 Å². The van der Waals surface area contributed by atoms with Crippen molar-refractivity contribution in [2.24, 2.45) is 0 Å². The van der Waals surface area contributed by atoms with Crippen LogP contribution in [0.4, 0.5) is 4.79 Å². The number of nitrogens with zero attached hydrogens (tertiary/aromatic N) is 5. The average molecular weight is 333 g/mol. The predicted octanol–water partition coefficient (Wildman–Crippen LogP) is 2.15. The lowest BCUT2D eigenvalue weighted by Crippen LogP contribution is -2.38. The molecule has 1 aliphatic carbocycles. The fourth-order valence-corrected chi connectivity index (χ4v) is 4.04. The number of hydrogen-bond acceptors (Lipinski definition) is 5. The summed E-state index contributed by atoms with van der Waals surface area (Å²) in [7, 11) is 1.45. The molecule has 0 aromatic carbocycles. The van der Waals surface area contributed by atoms with Crippen molar-refractivity contribution in [3.63, 3.8) is 0 Å². The summed E-state index contributed by atoms with van der Waals surface area (Å²) < 4.78 is 7.26. The first-order valence-electron chi connectivity index (χ1n) is 9.25. The molecule has 2 saturated heterocycles. The zero-order valence-electron chi connectivity index (χ0n) is 14.5. The van der Waals surface area contributed by atoms with Gasteiger partial charge in [-0.25, -0.2) is 4.79 Å². The van der Waals surface area contributed by atoms with E-state index in [1.165, 1.54) is 45.9 Å². The van der Waals surface area contributed by atoms with E-state index in [0.717, 1.165) is 44.1 Å². The Morgan fingerprint density at radius 2 is 1.79 bits per heavy atom. The number of ether oxygens (including phenoxy) is 1. The summed E-state index contributed by atoms with van der Waals surface area (Å²) in [6.45, 7) is 4.80. The number of piperidine rings is 1. The Hall–Kier alpha value is -1.63. The molecule has 4 rings (SSSR count). The van der Waals surface area contributed by atoms with E-state index in [4.69, 9.17) is 4.74 Å². The third-order valence-corrected chi connectivity index (χ3v) is 5.56. The number of rotatable bonds is 4. The summed E-state index contributed by atoms with van der Waals surface area (Å²) in [5.74, 6) is 2.70. The van der Waals surface area contributed by atoms with E-state index in [1.54, 1.807) is 4.90 Å². The van der Waals surface area contributed by atoms with Gasteiger partial charge in [0.1, 0.15) is 11.6 Å². The van der Waals surface area contributed by atoms with Crippen molar-refractivity contribution in [3.8, 4) is 0 Å². The SMILES string of the molecule is COC(=O)N1CCC(c2nnc(CN3CCCC3)n2C2CC2)CC1. The normalized spacial score (nSPS) is 23.0. The van der Waals surface area contributed by atoms with Crippen molar-refractivity contribution in [2.45, 2.75) is 57.0 Å². The number of carbonyl (C=O) groups is 1. The average Bonchev–Trinajstić information content (AvgIpc) is 3.16. The van der Waals surface area contributed by atoms with Crippen LogP contribution in [0.2, 0.25) is 0 Å². The monoisotopic (exact) mass is 333 g/mol. The Labute approximate surface area is 143 Å². The van der Waals surface area contributed by atoms with Gasteiger partial charge >= 0.3 is 6.09 Å². The van der Waals surface area contributed by atoms with E-state index in [9.17, 15) is 4.79 Å². The standard InChI is InChI=1S/C17H27N5O2/c1-24-17(23)21-10-6-13(7-11-21)16-19-18-15(22(16)14-4-5-14)12-20-8-2-3-9-20/h13-14H,2-12H2,1H3. The predicted molar refractivity (Wildman–Crippen MR) is 88.8 cm³/mol. The smallest absolute Gasteiger partial charge is 0.409 e. The van der Waals surface area contributed by atoms with Gasteiger partial charge < -0.3 is 14.2 Å². The molecule has 1 saturated carbocycles. The Morgan fingerprint density at radius 1 is 1.08 bits per heavy atom. The largest absolute Gasteiger partial charge is 0.453 e. The lowest BCUT2D eigenvalue weighted by atomic mass is 9.96. The fourth-order valence-electron chi connectivity index (χ4n) is 4.04. The highest BCUT2D eigenvalue weighted by Crippen LogP contribution is 2.40. The molecular formula is C17H27N5O2. The molecule has 7 nitrogen and oxygen atoms in total. The molecule has 2 aliphatic heterocycles. The molecule has 3 fully saturated rings. The fraction of sp³-hybridized carbons (Fsp3) is 0.824. The molecular weight excluding hydrogens is 306 g/mol. The van der Waals surface area contributed by atoms with Gasteiger partial charge in [-0.2, -0.15) is 0 Å². The summed E-state index contributed by atoms with van der Waals surface area (Å²) in [5.41, 5.74) is 0. The number of methoxy groups -OCH3 is 1. The second-order valence-electron chi connectivity index (χ2n) is 7.29. The Bertz CT molecular complexity index is 584. The summed E-state index contributed by atoms with van der Waals surface area (Å²) >= 11 is 0. The quantitative estimate of drug-likeness (QED) is 0.845. The van der Waals surface area contributed by atoms with Crippen LogP contribution >= 0.6 is 0 Å². The second-order valence-corrected chi connectivity index (χ2v) is 7.29. The third kappa shape index (κ3) is 3.14. The van der Waals surface area contributed by atoms with Crippen LogP contribution in [-0.2, 0) is 11.3 Å². The molecule has 0 spiro atoms. The molecule has 1 aromatic rings. The second kappa shape index (κ2) is 6.70. The van der Waals surface area contributed by atoms with Crippen LogP contribution in [-0.4, -0.2) is 63.9 Å². The van der Waals surface area contributed by atoms with E-state index in [2.05, 4.69) is 19.7 Å². The summed E-state index contributed by atoms with van der Waals surface area (Å²) in [6.07, 6.45) is 6.78. The minimum absolute atomic E-state index is 0.216. The summed E-state index contributed by atoms with van der Waals surface area (Å²) in [6, 6.07) is 0.603. The molecule has 0 atom stereocenters. The van der Waals surface area contributed by atoms with Gasteiger partial charge in [0, 0.05) is 25.0 Å². The molecule has 0 N–H and O–H groups in total. The van der Waals surface area contributed by atoms with Gasteiger partial charge in [-0.05, 0) is 51.6 Å². The lowest BCUT2D eigenvalue weighted by molar-refractivity contribution is 0.111. The molecule has 7 heteroatoms. The molecule has 1 aromatic heterocycles. The Morgan fingerprint density at radius 3 is 2.42 bits per heavy atom.